The van der Waals surface area contributed by atoms with Crippen LogP contribution in [0.1, 0.15) is 36.7 Å². The third-order valence-electron chi connectivity index (χ3n) is 3.43. The van der Waals surface area contributed by atoms with Gasteiger partial charge in [-0.05, 0) is 94.6 Å². The van der Waals surface area contributed by atoms with Crippen LogP contribution in [0.5, 0.6) is 17.2 Å². The van der Waals surface area contributed by atoms with Gasteiger partial charge in [-0.3, -0.25) is 10.1 Å². The molecule has 0 fully saturated rings. The number of ether oxygens (including phenoxy) is 3. The van der Waals surface area contributed by atoms with Crippen molar-refractivity contribution >= 4 is 50.3 Å². The molecule has 8 heteroatoms. The number of nitrogens with one attached hydrogen (secondary N) is 1. The molecule has 0 atom stereocenters. The van der Waals surface area contributed by atoms with Gasteiger partial charge in [-0.15, -0.1) is 0 Å². The molecular weight excluding hydrogens is 506 g/mol. The summed E-state index contributed by atoms with van der Waals surface area (Å²) in [5.74, 6) is 1.43. The minimum absolute atomic E-state index is 0.411. The number of hydrogen-bond acceptors (Lipinski definition) is 5. The Morgan fingerprint density at radius 1 is 1.03 bits per heavy atom. The summed E-state index contributed by atoms with van der Waals surface area (Å²) < 4.78 is 17.8. The molecule has 0 unspecified atom stereocenters. The summed E-state index contributed by atoms with van der Waals surface area (Å²) in [7, 11) is 1.53. The lowest BCUT2D eigenvalue weighted by Crippen LogP contribution is -2.29. The SMILES string of the molecule is COc1ccc(C=O)cc1Oc1c(Br)cc(/C=C/NC(=O)OC(C)(C)C)cc1Br. The van der Waals surface area contributed by atoms with Crippen LogP contribution in [0.3, 0.4) is 0 Å². The van der Waals surface area contributed by atoms with Gasteiger partial charge in [-0.2, -0.15) is 0 Å². The van der Waals surface area contributed by atoms with Gasteiger partial charge in [0.1, 0.15) is 11.9 Å². The molecule has 154 valence electrons. The molecule has 0 saturated heterocycles. The van der Waals surface area contributed by atoms with Crippen LogP contribution in [0, 0.1) is 0 Å². The van der Waals surface area contributed by atoms with Crippen molar-refractivity contribution in [3.8, 4) is 17.2 Å². The molecule has 0 bridgehead atoms. The molecular formula is C21H21Br2NO5. The number of carbonyl (C=O) groups is 2. The van der Waals surface area contributed by atoms with Gasteiger partial charge < -0.3 is 14.2 Å². The van der Waals surface area contributed by atoms with E-state index in [0.717, 1.165) is 11.8 Å². The number of amides is 1. The van der Waals surface area contributed by atoms with Gasteiger partial charge >= 0.3 is 6.09 Å². The van der Waals surface area contributed by atoms with Crippen molar-refractivity contribution in [1.82, 2.24) is 5.32 Å². The number of hydrogen-bond donors (Lipinski definition) is 1. The van der Waals surface area contributed by atoms with Crippen molar-refractivity contribution in [2.45, 2.75) is 26.4 Å². The summed E-state index contributed by atoms with van der Waals surface area (Å²) in [4.78, 5) is 22.7. The highest BCUT2D eigenvalue weighted by molar-refractivity contribution is 9.11. The zero-order chi connectivity index (χ0) is 21.6. The summed E-state index contributed by atoms with van der Waals surface area (Å²) in [5.41, 5.74) is 0.715. The van der Waals surface area contributed by atoms with E-state index in [-0.39, 0.29) is 0 Å². The highest BCUT2D eigenvalue weighted by atomic mass is 79.9. The molecule has 0 aliphatic rings. The predicted molar refractivity (Wildman–Crippen MR) is 119 cm³/mol. The summed E-state index contributed by atoms with van der Waals surface area (Å²) in [6, 6.07) is 8.56. The molecule has 0 aromatic heterocycles. The van der Waals surface area contributed by atoms with Crippen LogP contribution in [0.4, 0.5) is 4.79 Å². The topological polar surface area (TPSA) is 73.9 Å². The number of aldehydes is 1. The fraction of sp³-hybridized carbons (Fsp3) is 0.238. The second-order valence-electron chi connectivity index (χ2n) is 6.92. The number of halogens is 2. The standard InChI is InChI=1S/C21H21Br2NO5/c1-21(2,3)29-20(26)24-8-7-13-9-15(22)19(16(23)10-13)28-18-11-14(12-25)5-6-17(18)27-4/h5-12H,1-4H3,(H,24,26)/b8-7+. The average Bonchev–Trinajstić information content (AvgIpc) is 2.63. The van der Waals surface area contributed by atoms with Crippen molar-refractivity contribution in [3.63, 3.8) is 0 Å². The third kappa shape index (κ3) is 6.90. The Balaban J connectivity index is 2.19. The van der Waals surface area contributed by atoms with Crippen LogP contribution >= 0.6 is 31.9 Å². The molecule has 6 nitrogen and oxygen atoms in total. The Morgan fingerprint density at radius 2 is 1.69 bits per heavy atom. The first-order chi connectivity index (χ1) is 13.6. The van der Waals surface area contributed by atoms with Gasteiger partial charge in [0, 0.05) is 11.8 Å². The fourth-order valence-corrected chi connectivity index (χ4v) is 3.63. The van der Waals surface area contributed by atoms with Crippen molar-refractivity contribution in [1.29, 1.82) is 0 Å². The van der Waals surface area contributed by atoms with E-state index in [1.54, 1.807) is 45.0 Å². The molecule has 29 heavy (non-hydrogen) atoms. The first-order valence-corrected chi connectivity index (χ1v) is 10.2. The summed E-state index contributed by atoms with van der Waals surface area (Å²) in [5, 5.41) is 2.56. The van der Waals surface area contributed by atoms with E-state index in [1.807, 2.05) is 12.1 Å². The Morgan fingerprint density at radius 3 is 2.24 bits per heavy atom. The lowest BCUT2D eigenvalue weighted by molar-refractivity contribution is 0.0552. The highest BCUT2D eigenvalue weighted by Crippen LogP contribution is 2.41. The van der Waals surface area contributed by atoms with E-state index in [9.17, 15) is 9.59 Å². The maximum absolute atomic E-state index is 11.7. The molecule has 0 aliphatic heterocycles. The van der Waals surface area contributed by atoms with Gasteiger partial charge in [-0.1, -0.05) is 0 Å². The highest BCUT2D eigenvalue weighted by Gasteiger charge is 2.15. The van der Waals surface area contributed by atoms with Crippen molar-refractivity contribution in [2.24, 2.45) is 0 Å². The zero-order valence-corrected chi connectivity index (χ0v) is 19.6. The summed E-state index contributed by atoms with van der Waals surface area (Å²) in [6.07, 6.45) is 3.42. The quantitative estimate of drug-likeness (QED) is 0.446. The second kappa shape index (κ2) is 9.93. The largest absolute Gasteiger partial charge is 0.493 e. The Kier molecular flexibility index (Phi) is 7.87. The van der Waals surface area contributed by atoms with Crippen molar-refractivity contribution in [3.05, 3.63) is 56.6 Å². The molecule has 0 saturated carbocycles. The fourth-order valence-electron chi connectivity index (χ4n) is 2.24. The van der Waals surface area contributed by atoms with E-state index >= 15 is 0 Å². The molecule has 1 amide bonds. The lowest BCUT2D eigenvalue weighted by atomic mass is 10.2. The van der Waals surface area contributed by atoms with E-state index in [4.69, 9.17) is 14.2 Å². The summed E-state index contributed by atoms with van der Waals surface area (Å²) >= 11 is 6.97. The van der Waals surface area contributed by atoms with E-state index in [0.29, 0.717) is 31.8 Å². The van der Waals surface area contributed by atoms with Gasteiger partial charge in [0.15, 0.2) is 17.2 Å². The maximum Gasteiger partial charge on any atom is 0.411 e. The van der Waals surface area contributed by atoms with Gasteiger partial charge in [0.2, 0.25) is 0 Å². The molecule has 0 spiro atoms. The number of methoxy groups -OCH3 is 1. The van der Waals surface area contributed by atoms with Crippen LogP contribution in [0.15, 0.2) is 45.5 Å². The molecule has 1 N–H and O–H groups in total. The van der Waals surface area contributed by atoms with Crippen LogP contribution in [-0.4, -0.2) is 25.1 Å². The number of benzene rings is 2. The third-order valence-corrected chi connectivity index (χ3v) is 4.61. The normalized spacial score (nSPS) is 11.2. The first kappa shape index (κ1) is 23.0. The molecule has 0 heterocycles. The minimum atomic E-state index is -0.564. The van der Waals surface area contributed by atoms with Gasteiger partial charge in [-0.25, -0.2) is 4.79 Å². The number of rotatable bonds is 6. The van der Waals surface area contributed by atoms with E-state index < -0.39 is 11.7 Å². The molecule has 0 radical (unpaired) electrons. The molecule has 2 aromatic rings. The van der Waals surface area contributed by atoms with Crippen LogP contribution in [0.25, 0.3) is 6.08 Å². The van der Waals surface area contributed by atoms with Crippen molar-refractivity contribution < 1.29 is 23.8 Å². The average molecular weight is 527 g/mol. The Labute approximate surface area is 186 Å². The monoisotopic (exact) mass is 525 g/mol. The molecule has 0 aliphatic carbocycles. The lowest BCUT2D eigenvalue weighted by Gasteiger charge is -2.18. The number of alkyl carbamates (subject to hydrolysis) is 1. The minimum Gasteiger partial charge on any atom is -0.493 e. The number of carbonyl (C=O) groups excluding carboxylic acids is 2. The van der Waals surface area contributed by atoms with Crippen LogP contribution in [-0.2, 0) is 4.74 Å². The van der Waals surface area contributed by atoms with E-state index in [2.05, 4.69) is 37.2 Å². The van der Waals surface area contributed by atoms with Crippen molar-refractivity contribution in [2.75, 3.05) is 7.11 Å². The van der Waals surface area contributed by atoms with Gasteiger partial charge in [0.25, 0.3) is 0 Å². The van der Waals surface area contributed by atoms with Crippen LogP contribution in [0.2, 0.25) is 0 Å². The maximum atomic E-state index is 11.7. The zero-order valence-electron chi connectivity index (χ0n) is 16.4. The predicted octanol–water partition coefficient (Wildman–Crippen LogP) is 6.32. The smallest absolute Gasteiger partial charge is 0.411 e. The Hall–Kier alpha value is -2.32. The van der Waals surface area contributed by atoms with Crippen LogP contribution < -0.4 is 14.8 Å². The second-order valence-corrected chi connectivity index (χ2v) is 8.63. The molecule has 2 rings (SSSR count). The summed E-state index contributed by atoms with van der Waals surface area (Å²) in [6.45, 7) is 5.38. The first-order valence-electron chi connectivity index (χ1n) is 8.59. The molecule has 2 aromatic carbocycles. The van der Waals surface area contributed by atoms with Gasteiger partial charge in [0.05, 0.1) is 16.1 Å². The Bertz CT molecular complexity index is 912. The van der Waals surface area contributed by atoms with E-state index in [1.165, 1.54) is 13.3 Å².